The van der Waals surface area contributed by atoms with E-state index in [4.69, 9.17) is 0 Å². The van der Waals surface area contributed by atoms with Crippen molar-refractivity contribution in [1.82, 2.24) is 12.9 Å². The second kappa shape index (κ2) is 8.33. The number of hydrogen-bond acceptors (Lipinski definition) is 7. The van der Waals surface area contributed by atoms with Crippen molar-refractivity contribution in [3.05, 3.63) is 35.9 Å². The zero-order valence-corrected chi connectivity index (χ0v) is 18.0. The van der Waals surface area contributed by atoms with Crippen LogP contribution in [-0.4, -0.2) is 72.8 Å². The third kappa shape index (κ3) is 4.63. The van der Waals surface area contributed by atoms with Gasteiger partial charge in [-0.2, -0.15) is 12.7 Å². The van der Waals surface area contributed by atoms with Gasteiger partial charge in [-0.25, -0.2) is 17.0 Å². The maximum Gasteiger partial charge on any atom is 1.00 e. The van der Waals surface area contributed by atoms with E-state index in [1.54, 1.807) is 30.3 Å². The summed E-state index contributed by atoms with van der Waals surface area (Å²) in [6, 6.07) is 6.69. The minimum Gasteiger partial charge on any atom is -0.731 e. The van der Waals surface area contributed by atoms with Gasteiger partial charge in [0, 0.05) is 14.1 Å². The maximum absolute atomic E-state index is 12.5. The van der Waals surface area contributed by atoms with E-state index in [9.17, 15) is 31.0 Å². The first-order valence-corrected chi connectivity index (χ1v) is 9.78. The minimum atomic E-state index is -5.04. The maximum atomic E-state index is 12.5. The van der Waals surface area contributed by atoms with Gasteiger partial charge < -0.3 is 4.55 Å². The van der Waals surface area contributed by atoms with Crippen LogP contribution in [0, 0.1) is 0 Å². The molecule has 13 heteroatoms. The van der Waals surface area contributed by atoms with Crippen LogP contribution in [0.1, 0.15) is 5.56 Å². The average Bonchev–Trinajstić information content (AvgIpc) is 2.49. The monoisotopic (exact) mass is 413 g/mol. The predicted molar refractivity (Wildman–Crippen MR) is 84.8 cm³/mol. The van der Waals surface area contributed by atoms with Crippen LogP contribution >= 0.6 is 0 Å². The molecular weight excluding hydrogens is 397 g/mol. The topological polar surface area (TPSA) is 135 Å². The second-order valence-electron chi connectivity index (χ2n) is 5.48. The molecule has 26 heavy (non-hydrogen) atoms. The Morgan fingerprint density at radius 2 is 1.73 bits per heavy atom. The van der Waals surface area contributed by atoms with Gasteiger partial charge in [0.2, 0.25) is 5.91 Å². The number of nitrogens with zero attached hydrogens (tertiary/aromatic N) is 3. The molecule has 0 bridgehead atoms. The summed E-state index contributed by atoms with van der Waals surface area (Å²) in [5.74, 6) is -2.15. The molecule has 1 atom stereocenters. The summed E-state index contributed by atoms with van der Waals surface area (Å²) >= 11 is 0. The SMILES string of the molecule is CN(C)S(=O)(=O)N(C(=O)Cc1ccccc1)C1CN(S(=O)(=O)[O-])C1=O.[Na+]. The summed E-state index contributed by atoms with van der Waals surface area (Å²) in [7, 11) is -7.05. The van der Waals surface area contributed by atoms with Crippen LogP contribution in [0.15, 0.2) is 30.3 Å². The third-order valence-electron chi connectivity index (χ3n) is 3.58. The van der Waals surface area contributed by atoms with Gasteiger partial charge in [0.1, 0.15) is 6.04 Å². The molecule has 1 aromatic rings. The zero-order chi connectivity index (χ0) is 19.0. The molecule has 10 nitrogen and oxygen atoms in total. The Bertz CT molecular complexity index is 888. The van der Waals surface area contributed by atoms with Crippen molar-refractivity contribution in [2.45, 2.75) is 12.5 Å². The van der Waals surface area contributed by atoms with Crippen LogP contribution < -0.4 is 29.6 Å². The fourth-order valence-corrected chi connectivity index (χ4v) is 4.06. The van der Waals surface area contributed by atoms with Gasteiger partial charge in [-0.1, -0.05) is 30.3 Å². The van der Waals surface area contributed by atoms with Gasteiger partial charge in [0.05, 0.1) is 13.0 Å². The fourth-order valence-electron chi connectivity index (χ4n) is 2.24. The van der Waals surface area contributed by atoms with Crippen molar-refractivity contribution in [2.24, 2.45) is 0 Å². The van der Waals surface area contributed by atoms with Crippen molar-refractivity contribution in [2.75, 3.05) is 20.6 Å². The molecule has 0 N–H and O–H groups in total. The molecule has 1 fully saturated rings. The molecule has 0 aromatic heterocycles. The van der Waals surface area contributed by atoms with Gasteiger partial charge in [-0.15, -0.1) is 0 Å². The van der Waals surface area contributed by atoms with Gasteiger partial charge >= 0.3 is 39.8 Å². The number of hydrogen-bond donors (Lipinski definition) is 0. The van der Waals surface area contributed by atoms with E-state index >= 15 is 0 Å². The molecule has 1 aliphatic heterocycles. The number of rotatable bonds is 6. The predicted octanol–water partition coefficient (Wildman–Crippen LogP) is -4.46. The molecule has 0 saturated carbocycles. The Morgan fingerprint density at radius 3 is 2.15 bits per heavy atom. The summed E-state index contributed by atoms with van der Waals surface area (Å²) in [5.41, 5.74) is 0.520. The van der Waals surface area contributed by atoms with Crippen molar-refractivity contribution < 1.29 is 60.5 Å². The van der Waals surface area contributed by atoms with E-state index < -0.39 is 44.9 Å². The number of β-lactam (4-membered cyclic amide) rings is 1. The zero-order valence-electron chi connectivity index (χ0n) is 14.4. The van der Waals surface area contributed by atoms with Crippen molar-refractivity contribution in [3.63, 3.8) is 0 Å². The molecule has 0 aliphatic carbocycles. The van der Waals surface area contributed by atoms with E-state index in [2.05, 4.69) is 0 Å². The molecule has 138 valence electrons. The van der Waals surface area contributed by atoms with E-state index in [1.165, 1.54) is 14.1 Å². The van der Waals surface area contributed by atoms with Gasteiger partial charge in [0.25, 0.3) is 5.91 Å². The Balaban J connectivity index is 0.00000338. The first-order chi connectivity index (χ1) is 11.5. The normalized spacial score (nSPS) is 17.5. The Morgan fingerprint density at radius 1 is 1.19 bits per heavy atom. The van der Waals surface area contributed by atoms with Crippen LogP contribution in [0.3, 0.4) is 0 Å². The Kier molecular flexibility index (Phi) is 7.38. The van der Waals surface area contributed by atoms with Crippen LogP contribution in [0.25, 0.3) is 0 Å². The minimum absolute atomic E-state index is 0. The summed E-state index contributed by atoms with van der Waals surface area (Å²) < 4.78 is 58.7. The molecule has 1 saturated heterocycles. The third-order valence-corrected chi connectivity index (χ3v) is 6.32. The molecule has 1 aromatic carbocycles. The largest absolute Gasteiger partial charge is 1.00 e. The smallest absolute Gasteiger partial charge is 0.731 e. The number of amides is 2. The number of benzene rings is 1. The molecule has 1 heterocycles. The van der Waals surface area contributed by atoms with E-state index in [1.807, 2.05) is 0 Å². The molecule has 2 rings (SSSR count). The van der Waals surface area contributed by atoms with Gasteiger partial charge in [-0.05, 0) is 5.56 Å². The first kappa shape index (κ1) is 23.0. The van der Waals surface area contributed by atoms with E-state index in [0.717, 1.165) is 4.31 Å². The van der Waals surface area contributed by atoms with Gasteiger partial charge in [-0.3, -0.25) is 9.59 Å². The average molecular weight is 413 g/mol. The molecule has 1 unspecified atom stereocenters. The first-order valence-electron chi connectivity index (χ1n) is 7.02. The van der Waals surface area contributed by atoms with E-state index in [-0.39, 0.29) is 40.3 Å². The van der Waals surface area contributed by atoms with Crippen LogP contribution in [0.4, 0.5) is 0 Å². The fraction of sp³-hybridized carbons (Fsp3) is 0.385. The van der Waals surface area contributed by atoms with E-state index in [0.29, 0.717) is 9.87 Å². The van der Waals surface area contributed by atoms with Crippen molar-refractivity contribution >= 4 is 32.3 Å². The summed E-state index contributed by atoms with van der Waals surface area (Å²) in [6.07, 6.45) is -0.304. The summed E-state index contributed by atoms with van der Waals surface area (Å²) in [4.78, 5) is 24.5. The van der Waals surface area contributed by atoms with Gasteiger partial charge in [0.15, 0.2) is 10.3 Å². The molecule has 0 radical (unpaired) electrons. The molecule has 2 amide bonds. The molecule has 1 aliphatic rings. The molecule has 0 spiro atoms. The number of carbonyl (C=O) groups excluding carboxylic acids is 2. The quantitative estimate of drug-likeness (QED) is 0.261. The Labute approximate surface area is 174 Å². The van der Waals surface area contributed by atoms with Crippen molar-refractivity contribution in [3.8, 4) is 0 Å². The van der Waals surface area contributed by atoms with Crippen molar-refractivity contribution in [1.29, 1.82) is 0 Å². The summed E-state index contributed by atoms with van der Waals surface area (Å²) in [6.45, 7) is -0.696. The summed E-state index contributed by atoms with van der Waals surface area (Å²) in [5, 5.41) is 0. The molecular formula is C13H16N3NaO7S2. The van der Waals surface area contributed by atoms with Crippen LogP contribution in [-0.2, 0) is 36.5 Å². The van der Waals surface area contributed by atoms with Crippen LogP contribution in [0.5, 0.6) is 0 Å². The number of carbonyl (C=O) groups is 2. The standard InChI is InChI=1S/C13H17N3O7S2.Na/c1-14(2)24(19,20)16(11-9-15(13(11)18)25(21,22)23)12(17)8-10-6-4-3-5-7-10;/h3-7,11H,8-9H2,1-2H3,(H,21,22,23);/q;+1/p-1. The van der Waals surface area contributed by atoms with Crippen LogP contribution in [0.2, 0.25) is 0 Å². The second-order valence-corrected chi connectivity index (χ2v) is 8.80. The Hall–Kier alpha value is -1.02.